The zero-order valence-corrected chi connectivity index (χ0v) is 14.1. The third-order valence-electron chi connectivity index (χ3n) is 4.27. The van der Waals surface area contributed by atoms with E-state index < -0.39 is 21.3 Å². The Hall–Kier alpha value is -2.02. The number of benzene rings is 1. The number of amides is 1. The summed E-state index contributed by atoms with van der Waals surface area (Å²) in [7, 11) is -1.55. The number of hydrogen-bond acceptors (Lipinski definition) is 5. The molecule has 1 atom stereocenters. The molecule has 1 fully saturated rings. The molecule has 124 valence electrons. The van der Waals surface area contributed by atoms with Crippen molar-refractivity contribution >= 4 is 26.7 Å². The number of carbonyl (C=O) groups excluding carboxylic acids is 1. The Balaban J connectivity index is 1.94. The molecule has 0 aliphatic carbocycles. The number of nitrogens with one attached hydrogen (secondary N) is 1. The SMILES string of the molecule is COc1cccc2c(C)c(C(=O)NC3(C)CCS(=O)(=O)C3)oc12. The fraction of sp³-hybridized carbons (Fsp3) is 0.438. The van der Waals surface area contributed by atoms with Crippen molar-refractivity contribution in [3.63, 3.8) is 0 Å². The van der Waals surface area contributed by atoms with Crippen LogP contribution < -0.4 is 10.1 Å². The van der Waals surface area contributed by atoms with E-state index in [1.54, 1.807) is 19.9 Å². The van der Waals surface area contributed by atoms with Gasteiger partial charge in [-0.05, 0) is 26.3 Å². The van der Waals surface area contributed by atoms with Gasteiger partial charge in [-0.15, -0.1) is 0 Å². The molecule has 1 N–H and O–H groups in total. The fourth-order valence-corrected chi connectivity index (χ4v) is 5.13. The second-order valence-corrected chi connectivity index (χ2v) is 8.43. The summed E-state index contributed by atoms with van der Waals surface area (Å²) < 4.78 is 34.3. The standard InChI is InChI=1S/C16H19NO5S/c1-10-11-5-4-6-12(21-3)14(11)22-13(10)15(18)17-16(2)7-8-23(19,20)9-16/h4-6H,7-9H2,1-3H3,(H,17,18). The molecule has 3 rings (SSSR count). The van der Waals surface area contributed by atoms with Gasteiger partial charge in [-0.25, -0.2) is 8.42 Å². The van der Waals surface area contributed by atoms with Gasteiger partial charge < -0.3 is 14.5 Å². The highest BCUT2D eigenvalue weighted by Gasteiger charge is 2.40. The van der Waals surface area contributed by atoms with Crippen LogP contribution in [0, 0.1) is 6.92 Å². The van der Waals surface area contributed by atoms with E-state index >= 15 is 0 Å². The Morgan fingerprint density at radius 3 is 2.74 bits per heavy atom. The van der Waals surface area contributed by atoms with E-state index in [0.29, 0.717) is 23.3 Å². The van der Waals surface area contributed by atoms with Gasteiger partial charge in [0.1, 0.15) is 0 Å². The van der Waals surface area contributed by atoms with Crippen LogP contribution in [0.15, 0.2) is 22.6 Å². The van der Waals surface area contributed by atoms with Crippen LogP contribution in [0.5, 0.6) is 5.75 Å². The van der Waals surface area contributed by atoms with Crippen molar-refractivity contribution in [3.05, 3.63) is 29.5 Å². The monoisotopic (exact) mass is 337 g/mol. The van der Waals surface area contributed by atoms with E-state index in [1.807, 2.05) is 12.1 Å². The number of ether oxygens (including phenoxy) is 1. The van der Waals surface area contributed by atoms with Gasteiger partial charge >= 0.3 is 0 Å². The quantitative estimate of drug-likeness (QED) is 0.926. The van der Waals surface area contributed by atoms with Crippen LogP contribution in [0.25, 0.3) is 11.0 Å². The zero-order valence-electron chi connectivity index (χ0n) is 13.3. The van der Waals surface area contributed by atoms with Crippen LogP contribution in [0.1, 0.15) is 29.5 Å². The minimum absolute atomic E-state index is 0.0473. The first kappa shape index (κ1) is 15.9. The molecule has 1 aliphatic rings. The van der Waals surface area contributed by atoms with Crippen LogP contribution in [-0.2, 0) is 9.84 Å². The summed E-state index contributed by atoms with van der Waals surface area (Å²) in [4.78, 5) is 12.6. The van der Waals surface area contributed by atoms with Crippen molar-refractivity contribution in [1.29, 1.82) is 0 Å². The fourth-order valence-electron chi connectivity index (χ4n) is 3.03. The number of carbonyl (C=O) groups is 1. The topological polar surface area (TPSA) is 85.6 Å². The van der Waals surface area contributed by atoms with Gasteiger partial charge in [0, 0.05) is 10.9 Å². The molecule has 2 heterocycles. The van der Waals surface area contributed by atoms with E-state index in [2.05, 4.69) is 5.32 Å². The highest BCUT2D eigenvalue weighted by atomic mass is 32.2. The molecule has 0 radical (unpaired) electrons. The smallest absolute Gasteiger partial charge is 0.287 e. The van der Waals surface area contributed by atoms with Crippen molar-refractivity contribution in [2.75, 3.05) is 18.6 Å². The van der Waals surface area contributed by atoms with E-state index in [-0.39, 0.29) is 17.3 Å². The molecule has 1 aromatic carbocycles. The maximum atomic E-state index is 12.6. The zero-order chi connectivity index (χ0) is 16.8. The molecule has 0 bridgehead atoms. The highest BCUT2D eigenvalue weighted by Crippen LogP contribution is 2.33. The van der Waals surface area contributed by atoms with Gasteiger partial charge in [0.05, 0.1) is 24.2 Å². The first-order valence-electron chi connectivity index (χ1n) is 7.34. The highest BCUT2D eigenvalue weighted by molar-refractivity contribution is 7.91. The summed E-state index contributed by atoms with van der Waals surface area (Å²) in [6.07, 6.45) is 0.406. The van der Waals surface area contributed by atoms with Gasteiger partial charge in [-0.3, -0.25) is 4.79 Å². The average Bonchev–Trinajstić information content (AvgIpc) is 2.96. The van der Waals surface area contributed by atoms with Crippen molar-refractivity contribution < 1.29 is 22.4 Å². The lowest BCUT2D eigenvalue weighted by Gasteiger charge is -2.23. The predicted molar refractivity (Wildman–Crippen MR) is 86.6 cm³/mol. The third kappa shape index (κ3) is 2.81. The number of rotatable bonds is 3. The van der Waals surface area contributed by atoms with Gasteiger partial charge in [-0.2, -0.15) is 0 Å². The number of hydrogen-bond donors (Lipinski definition) is 1. The lowest BCUT2D eigenvalue weighted by molar-refractivity contribution is 0.0888. The van der Waals surface area contributed by atoms with Gasteiger partial charge in [0.15, 0.2) is 26.9 Å². The second kappa shape index (κ2) is 5.26. The van der Waals surface area contributed by atoms with E-state index in [4.69, 9.17) is 9.15 Å². The summed E-state index contributed by atoms with van der Waals surface area (Å²) in [6.45, 7) is 3.54. The first-order valence-corrected chi connectivity index (χ1v) is 9.16. The minimum atomic E-state index is -3.09. The summed E-state index contributed by atoms with van der Waals surface area (Å²) in [5, 5.41) is 3.62. The van der Waals surface area contributed by atoms with E-state index in [9.17, 15) is 13.2 Å². The first-order chi connectivity index (χ1) is 10.7. The number of fused-ring (bicyclic) bond motifs is 1. The lowest BCUT2D eigenvalue weighted by atomic mass is 10.0. The molecule has 2 aromatic rings. The van der Waals surface area contributed by atoms with E-state index in [1.165, 1.54) is 7.11 Å². The normalized spacial score (nSPS) is 23.1. The maximum Gasteiger partial charge on any atom is 0.287 e. The summed E-state index contributed by atoms with van der Waals surface area (Å²) in [5.41, 5.74) is 0.466. The lowest BCUT2D eigenvalue weighted by Crippen LogP contribution is -2.47. The molecule has 0 saturated carbocycles. The Kier molecular flexibility index (Phi) is 3.63. The maximum absolute atomic E-state index is 12.6. The Labute approximate surface area is 134 Å². The van der Waals surface area contributed by atoms with Crippen LogP contribution in [0.4, 0.5) is 0 Å². The second-order valence-electron chi connectivity index (χ2n) is 6.25. The van der Waals surface area contributed by atoms with Crippen molar-refractivity contribution in [3.8, 4) is 5.75 Å². The number of methoxy groups -OCH3 is 1. The third-order valence-corrected chi connectivity index (χ3v) is 6.18. The molecule has 1 amide bonds. The number of aryl methyl sites for hydroxylation is 1. The average molecular weight is 337 g/mol. The Morgan fingerprint density at radius 2 is 2.13 bits per heavy atom. The van der Waals surface area contributed by atoms with Gasteiger partial charge in [-0.1, -0.05) is 12.1 Å². The van der Waals surface area contributed by atoms with Crippen LogP contribution in [0.3, 0.4) is 0 Å². The van der Waals surface area contributed by atoms with Crippen molar-refractivity contribution in [2.24, 2.45) is 0 Å². The molecular formula is C16H19NO5S. The number of sulfone groups is 1. The van der Waals surface area contributed by atoms with Crippen molar-refractivity contribution in [2.45, 2.75) is 25.8 Å². The van der Waals surface area contributed by atoms with Gasteiger partial charge in [0.2, 0.25) is 0 Å². The Bertz CT molecular complexity index is 883. The largest absolute Gasteiger partial charge is 0.493 e. The Morgan fingerprint density at radius 1 is 1.39 bits per heavy atom. The van der Waals surface area contributed by atoms with Crippen LogP contribution in [0.2, 0.25) is 0 Å². The van der Waals surface area contributed by atoms with Gasteiger partial charge in [0.25, 0.3) is 5.91 Å². The molecule has 0 spiro atoms. The van der Waals surface area contributed by atoms with E-state index in [0.717, 1.165) is 5.39 Å². The van der Waals surface area contributed by atoms with Crippen molar-refractivity contribution in [1.82, 2.24) is 5.32 Å². The summed E-state index contributed by atoms with van der Waals surface area (Å²) >= 11 is 0. The molecule has 1 aromatic heterocycles. The predicted octanol–water partition coefficient (Wildman–Crippen LogP) is 2.06. The summed E-state index contributed by atoms with van der Waals surface area (Å²) in [5.74, 6) is 0.389. The minimum Gasteiger partial charge on any atom is -0.493 e. The molecule has 6 nitrogen and oxygen atoms in total. The van der Waals surface area contributed by atoms with Crippen LogP contribution >= 0.6 is 0 Å². The number of furan rings is 1. The molecule has 7 heteroatoms. The number of para-hydroxylation sites is 1. The molecule has 23 heavy (non-hydrogen) atoms. The molecular weight excluding hydrogens is 318 g/mol. The molecule has 1 aliphatic heterocycles. The molecule has 1 unspecified atom stereocenters. The van der Waals surface area contributed by atoms with Crippen LogP contribution in [-0.4, -0.2) is 38.5 Å². The summed E-state index contributed by atoms with van der Waals surface area (Å²) in [6, 6.07) is 5.45. The molecule has 1 saturated heterocycles.